The molecule has 0 saturated carbocycles. The number of nitrogens with one attached hydrogen (secondary N) is 1. The number of methoxy groups -OCH3 is 1. The Bertz CT molecular complexity index is 1140. The summed E-state index contributed by atoms with van der Waals surface area (Å²) < 4.78 is 36.8. The van der Waals surface area contributed by atoms with Gasteiger partial charge in [-0.1, -0.05) is 6.07 Å². The van der Waals surface area contributed by atoms with Gasteiger partial charge in [0.25, 0.3) is 5.69 Å². The van der Waals surface area contributed by atoms with Gasteiger partial charge in [-0.2, -0.15) is 13.5 Å². The number of azo groups is 1. The number of ketones is 1. The van der Waals surface area contributed by atoms with Crippen molar-refractivity contribution in [3.05, 3.63) is 46.5 Å². The maximum atomic E-state index is 11.9. The molecule has 0 saturated heterocycles. The zero-order valence-electron chi connectivity index (χ0n) is 15.7. The molecule has 158 valence electrons. The van der Waals surface area contributed by atoms with Crippen LogP contribution in [0.4, 0.5) is 22.7 Å². The number of hydrogen-bond donors (Lipinski definition) is 2. The van der Waals surface area contributed by atoms with Crippen molar-refractivity contribution in [1.82, 2.24) is 0 Å². The molecule has 1 amide bonds. The SMILES string of the molecule is COc1cccc(NC(=O)CC(C)=O)c1N=Nc1ccc(S(=O)(=O)O)c([N+](=O)[O-])c1. The first-order valence-electron chi connectivity index (χ1n) is 8.17. The fourth-order valence-electron chi connectivity index (χ4n) is 2.35. The number of carbonyl (C=O) groups excluding carboxylic acids is 2. The van der Waals surface area contributed by atoms with Gasteiger partial charge < -0.3 is 10.1 Å². The number of ether oxygens (including phenoxy) is 1. The fraction of sp³-hybridized carbons (Fsp3) is 0.176. The van der Waals surface area contributed by atoms with E-state index in [-0.39, 0.29) is 35.0 Å². The first-order valence-corrected chi connectivity index (χ1v) is 9.61. The third-order valence-electron chi connectivity index (χ3n) is 3.59. The van der Waals surface area contributed by atoms with Gasteiger partial charge in [-0.05, 0) is 31.2 Å². The first kappa shape index (κ1) is 22.6. The van der Waals surface area contributed by atoms with Crippen molar-refractivity contribution in [1.29, 1.82) is 0 Å². The summed E-state index contributed by atoms with van der Waals surface area (Å²) >= 11 is 0. The van der Waals surface area contributed by atoms with Crippen LogP contribution in [0.1, 0.15) is 13.3 Å². The van der Waals surface area contributed by atoms with Gasteiger partial charge in [-0.15, -0.1) is 5.11 Å². The number of anilines is 1. The number of amides is 1. The number of carbonyl (C=O) groups is 2. The van der Waals surface area contributed by atoms with Crippen molar-refractivity contribution in [2.24, 2.45) is 10.2 Å². The quantitative estimate of drug-likeness (QED) is 0.208. The van der Waals surface area contributed by atoms with E-state index in [4.69, 9.17) is 9.29 Å². The minimum absolute atomic E-state index is 0.0680. The number of benzene rings is 2. The van der Waals surface area contributed by atoms with Crippen molar-refractivity contribution < 1.29 is 32.2 Å². The Morgan fingerprint density at radius 2 is 1.93 bits per heavy atom. The topological polar surface area (TPSA) is 178 Å². The summed E-state index contributed by atoms with van der Waals surface area (Å²) in [4.78, 5) is 32.3. The van der Waals surface area contributed by atoms with E-state index >= 15 is 0 Å². The third kappa shape index (κ3) is 5.65. The lowest BCUT2D eigenvalue weighted by Gasteiger charge is -2.10. The summed E-state index contributed by atoms with van der Waals surface area (Å²) in [5.41, 5.74) is -0.739. The van der Waals surface area contributed by atoms with Crippen LogP contribution in [0.15, 0.2) is 51.5 Å². The molecule has 2 rings (SSSR count). The number of rotatable bonds is 8. The van der Waals surface area contributed by atoms with Crippen LogP contribution in [-0.2, 0) is 19.7 Å². The van der Waals surface area contributed by atoms with Crippen LogP contribution in [0.3, 0.4) is 0 Å². The maximum Gasteiger partial charge on any atom is 0.301 e. The molecule has 0 bridgehead atoms. The van der Waals surface area contributed by atoms with E-state index in [1.807, 2.05) is 0 Å². The van der Waals surface area contributed by atoms with Gasteiger partial charge in [0.15, 0.2) is 10.6 Å². The van der Waals surface area contributed by atoms with E-state index in [0.29, 0.717) is 0 Å². The van der Waals surface area contributed by atoms with Crippen molar-refractivity contribution in [3.63, 3.8) is 0 Å². The largest absolute Gasteiger partial charge is 0.494 e. The molecule has 0 aliphatic rings. The average Bonchev–Trinajstić information content (AvgIpc) is 2.65. The second-order valence-corrected chi connectivity index (χ2v) is 7.26. The van der Waals surface area contributed by atoms with Crippen molar-refractivity contribution in [3.8, 4) is 5.75 Å². The predicted molar refractivity (Wildman–Crippen MR) is 104 cm³/mol. The Labute approximate surface area is 170 Å². The Hall–Kier alpha value is -3.71. The van der Waals surface area contributed by atoms with Crippen LogP contribution < -0.4 is 10.1 Å². The summed E-state index contributed by atoms with van der Waals surface area (Å²) in [6.07, 6.45) is -0.350. The van der Waals surface area contributed by atoms with E-state index in [2.05, 4.69) is 15.5 Å². The van der Waals surface area contributed by atoms with E-state index in [1.165, 1.54) is 26.2 Å². The van der Waals surface area contributed by atoms with Crippen molar-refractivity contribution in [2.45, 2.75) is 18.2 Å². The third-order valence-corrected chi connectivity index (χ3v) is 4.49. The van der Waals surface area contributed by atoms with Gasteiger partial charge in [-0.3, -0.25) is 24.3 Å². The van der Waals surface area contributed by atoms with E-state index < -0.39 is 31.5 Å². The molecule has 0 aromatic heterocycles. The molecule has 13 heteroatoms. The van der Waals surface area contributed by atoms with Crippen LogP contribution in [0.2, 0.25) is 0 Å². The van der Waals surface area contributed by atoms with E-state index in [0.717, 1.165) is 18.2 Å². The number of nitro groups is 1. The number of hydrogen-bond acceptors (Lipinski definition) is 9. The highest BCUT2D eigenvalue weighted by Crippen LogP contribution is 2.37. The first-order chi connectivity index (χ1) is 14.0. The van der Waals surface area contributed by atoms with Crippen LogP contribution in [0, 0.1) is 10.1 Å². The minimum Gasteiger partial charge on any atom is -0.494 e. The van der Waals surface area contributed by atoms with Gasteiger partial charge in [0.05, 0.1) is 29.8 Å². The molecule has 2 aromatic carbocycles. The Morgan fingerprint density at radius 1 is 1.23 bits per heavy atom. The molecule has 0 spiro atoms. The summed E-state index contributed by atoms with van der Waals surface area (Å²) in [6, 6.07) is 7.31. The van der Waals surface area contributed by atoms with E-state index in [1.54, 1.807) is 6.07 Å². The van der Waals surface area contributed by atoms with Gasteiger partial charge in [0.1, 0.15) is 11.5 Å². The van der Waals surface area contributed by atoms with Crippen LogP contribution in [-0.4, -0.2) is 36.7 Å². The fourth-order valence-corrected chi connectivity index (χ4v) is 2.99. The van der Waals surface area contributed by atoms with Gasteiger partial charge in [0.2, 0.25) is 5.91 Å². The van der Waals surface area contributed by atoms with Crippen LogP contribution >= 0.6 is 0 Å². The number of Topliss-reactive ketones (excluding diaryl/α,β-unsaturated/α-hetero) is 1. The zero-order valence-corrected chi connectivity index (χ0v) is 16.5. The molecule has 2 aromatic rings. The smallest absolute Gasteiger partial charge is 0.301 e. The summed E-state index contributed by atoms with van der Waals surface area (Å²) in [5.74, 6) is -0.714. The molecule has 0 aliphatic carbocycles. The molecule has 2 N–H and O–H groups in total. The molecular formula is C17H16N4O8S. The number of nitrogens with zero attached hydrogens (tertiary/aromatic N) is 3. The molecular weight excluding hydrogens is 420 g/mol. The molecule has 30 heavy (non-hydrogen) atoms. The highest BCUT2D eigenvalue weighted by molar-refractivity contribution is 7.86. The second-order valence-electron chi connectivity index (χ2n) is 5.87. The maximum absolute atomic E-state index is 11.9. The summed E-state index contributed by atoms with van der Waals surface area (Å²) in [5, 5.41) is 21.4. The highest BCUT2D eigenvalue weighted by Gasteiger charge is 2.24. The standard InChI is InChI=1S/C17H16N4O8S/c1-10(22)8-16(23)18-12-4-3-5-14(29-2)17(12)20-19-11-6-7-15(30(26,27)28)13(9-11)21(24)25/h3-7,9H,8H2,1-2H3,(H,18,23)(H,26,27,28). The monoisotopic (exact) mass is 436 g/mol. The van der Waals surface area contributed by atoms with E-state index in [9.17, 15) is 28.1 Å². The van der Waals surface area contributed by atoms with Crippen molar-refractivity contribution in [2.75, 3.05) is 12.4 Å². The number of nitro benzene ring substituents is 1. The van der Waals surface area contributed by atoms with Gasteiger partial charge in [0, 0.05) is 6.07 Å². The average molecular weight is 436 g/mol. The lowest BCUT2D eigenvalue weighted by molar-refractivity contribution is -0.387. The molecule has 12 nitrogen and oxygen atoms in total. The normalized spacial score (nSPS) is 11.3. The second kappa shape index (κ2) is 9.19. The van der Waals surface area contributed by atoms with Crippen LogP contribution in [0.5, 0.6) is 5.75 Å². The van der Waals surface area contributed by atoms with Gasteiger partial charge >= 0.3 is 10.1 Å². The predicted octanol–water partition coefficient (Wildman–Crippen LogP) is 3.18. The Kier molecular flexibility index (Phi) is 6.92. The van der Waals surface area contributed by atoms with Crippen LogP contribution in [0.25, 0.3) is 0 Å². The molecule has 0 aliphatic heterocycles. The molecule has 0 atom stereocenters. The minimum atomic E-state index is -4.81. The molecule has 0 fully saturated rings. The Morgan fingerprint density at radius 3 is 2.50 bits per heavy atom. The highest BCUT2D eigenvalue weighted by atomic mass is 32.2. The summed E-state index contributed by atoms with van der Waals surface area (Å²) in [6.45, 7) is 1.26. The molecule has 0 unspecified atom stereocenters. The van der Waals surface area contributed by atoms with Crippen molar-refractivity contribution >= 4 is 44.6 Å². The molecule has 0 heterocycles. The lowest BCUT2D eigenvalue weighted by Crippen LogP contribution is -2.14. The summed E-state index contributed by atoms with van der Waals surface area (Å²) in [7, 11) is -3.46. The molecule has 0 radical (unpaired) electrons. The lowest BCUT2D eigenvalue weighted by atomic mass is 10.2. The zero-order chi connectivity index (χ0) is 22.5. The Balaban J connectivity index is 2.46. The van der Waals surface area contributed by atoms with Gasteiger partial charge in [-0.25, -0.2) is 0 Å².